The summed E-state index contributed by atoms with van der Waals surface area (Å²) in [6.07, 6.45) is 4.58. The van der Waals surface area contributed by atoms with Crippen molar-refractivity contribution in [2.75, 3.05) is 13.2 Å². The van der Waals surface area contributed by atoms with E-state index in [0.29, 0.717) is 12.3 Å². The van der Waals surface area contributed by atoms with Crippen LogP contribution >= 0.6 is 0 Å². The Bertz CT molecular complexity index is 505. The predicted octanol–water partition coefficient (Wildman–Crippen LogP) is 2.27. The van der Waals surface area contributed by atoms with E-state index < -0.39 is 0 Å². The molecule has 2 unspecified atom stereocenters. The van der Waals surface area contributed by atoms with Gasteiger partial charge < -0.3 is 21.1 Å². The van der Waals surface area contributed by atoms with Gasteiger partial charge in [-0.05, 0) is 43.9 Å². The molecule has 4 N–H and O–H groups in total. The van der Waals surface area contributed by atoms with E-state index in [0.717, 1.165) is 37.1 Å². The fraction of sp³-hybridized carbons (Fsp3) is 0.500. The minimum Gasteiger partial charge on any atom is -0.353 e. The summed E-state index contributed by atoms with van der Waals surface area (Å²) < 4.78 is 11.1. The number of nitrogens with two attached hydrogens (primary N) is 2. The number of rotatable bonds is 6. The van der Waals surface area contributed by atoms with Gasteiger partial charge >= 0.3 is 0 Å². The van der Waals surface area contributed by atoms with Gasteiger partial charge in [0, 0.05) is 12.6 Å². The van der Waals surface area contributed by atoms with Crippen LogP contribution in [0.3, 0.4) is 0 Å². The van der Waals surface area contributed by atoms with E-state index in [9.17, 15) is 0 Å². The molecule has 0 bridgehead atoms. The Morgan fingerprint density at radius 1 is 1.41 bits per heavy atom. The molecule has 0 spiro atoms. The first-order valence-corrected chi connectivity index (χ1v) is 7.58. The Hall–Kier alpha value is -1.76. The van der Waals surface area contributed by atoms with Gasteiger partial charge in [-0.3, -0.25) is 4.99 Å². The number of hydrazone groups is 1. The molecule has 1 aliphatic rings. The maximum atomic E-state index is 5.82. The molecule has 0 amide bonds. The summed E-state index contributed by atoms with van der Waals surface area (Å²) in [6.45, 7) is 2.99. The largest absolute Gasteiger partial charge is 0.353 e. The van der Waals surface area contributed by atoms with Crippen LogP contribution in [0, 0.1) is 0 Å². The van der Waals surface area contributed by atoms with E-state index in [1.807, 2.05) is 31.2 Å². The molecule has 1 aromatic carbocycles. The molecule has 1 heterocycles. The van der Waals surface area contributed by atoms with Gasteiger partial charge in [-0.25, -0.2) is 0 Å². The van der Waals surface area contributed by atoms with Crippen LogP contribution in [-0.4, -0.2) is 31.4 Å². The lowest BCUT2D eigenvalue weighted by Crippen LogP contribution is -2.26. The Kier molecular flexibility index (Phi) is 6.51. The summed E-state index contributed by atoms with van der Waals surface area (Å²) in [5.41, 5.74) is 8.28. The van der Waals surface area contributed by atoms with Crippen molar-refractivity contribution in [1.29, 1.82) is 0 Å². The van der Waals surface area contributed by atoms with Gasteiger partial charge in [-0.2, -0.15) is 5.10 Å². The number of benzene rings is 1. The Morgan fingerprint density at radius 2 is 2.18 bits per heavy atom. The van der Waals surface area contributed by atoms with Crippen molar-refractivity contribution in [3.8, 4) is 0 Å². The topological polar surface area (TPSA) is 95.2 Å². The zero-order valence-electron chi connectivity index (χ0n) is 12.9. The fourth-order valence-electron chi connectivity index (χ4n) is 2.14. The van der Waals surface area contributed by atoms with Crippen LogP contribution in [0.15, 0.2) is 34.4 Å². The summed E-state index contributed by atoms with van der Waals surface area (Å²) in [5.74, 6) is 5.38. The highest BCUT2D eigenvalue weighted by Crippen LogP contribution is 2.16. The minimum atomic E-state index is -0.163. The van der Waals surface area contributed by atoms with Gasteiger partial charge in [0.15, 0.2) is 6.29 Å². The number of hydrogen-bond donors (Lipinski definition) is 2. The van der Waals surface area contributed by atoms with Gasteiger partial charge in [-0.15, -0.1) is 0 Å². The standard InChI is InChI=1S/C16H24N4O2/c1-12(17)13-5-7-14(8-6-13)19-10-15(20-18)11-22-16-4-2-3-9-21-16/h5-8,10,12,16H,2-4,9,11,17-18H2,1H3/b19-10?,20-15+. The van der Waals surface area contributed by atoms with Crippen molar-refractivity contribution in [3.63, 3.8) is 0 Å². The van der Waals surface area contributed by atoms with E-state index in [1.165, 1.54) is 0 Å². The molecule has 0 aromatic heterocycles. The average Bonchev–Trinajstić information content (AvgIpc) is 2.56. The van der Waals surface area contributed by atoms with Crippen LogP contribution in [-0.2, 0) is 9.47 Å². The smallest absolute Gasteiger partial charge is 0.158 e. The monoisotopic (exact) mass is 304 g/mol. The molecule has 6 nitrogen and oxygen atoms in total. The quantitative estimate of drug-likeness (QED) is 0.479. The van der Waals surface area contributed by atoms with Crippen LogP contribution in [0.5, 0.6) is 0 Å². The van der Waals surface area contributed by atoms with Gasteiger partial charge in [0.25, 0.3) is 0 Å². The van der Waals surface area contributed by atoms with E-state index in [4.69, 9.17) is 21.1 Å². The third kappa shape index (κ3) is 5.22. The molecular weight excluding hydrogens is 280 g/mol. The van der Waals surface area contributed by atoms with Crippen LogP contribution in [0.25, 0.3) is 0 Å². The second kappa shape index (κ2) is 8.63. The van der Waals surface area contributed by atoms with E-state index >= 15 is 0 Å². The number of aliphatic imine (C=N–C) groups is 1. The van der Waals surface area contributed by atoms with Crippen molar-refractivity contribution < 1.29 is 9.47 Å². The Morgan fingerprint density at radius 3 is 2.77 bits per heavy atom. The molecule has 1 saturated heterocycles. The van der Waals surface area contributed by atoms with Gasteiger partial charge in [0.2, 0.25) is 0 Å². The Labute approximate surface area is 131 Å². The fourth-order valence-corrected chi connectivity index (χ4v) is 2.14. The third-order valence-corrected chi connectivity index (χ3v) is 3.50. The van der Waals surface area contributed by atoms with Crippen molar-refractivity contribution in [3.05, 3.63) is 29.8 Å². The van der Waals surface area contributed by atoms with Gasteiger partial charge in [0.05, 0.1) is 18.5 Å². The Balaban J connectivity index is 1.86. The highest BCUT2D eigenvalue weighted by molar-refractivity contribution is 6.31. The first kappa shape index (κ1) is 16.6. The van der Waals surface area contributed by atoms with Gasteiger partial charge in [-0.1, -0.05) is 12.1 Å². The number of ether oxygens (including phenoxy) is 2. The lowest BCUT2D eigenvalue weighted by molar-refractivity contribution is -0.152. The zero-order chi connectivity index (χ0) is 15.8. The zero-order valence-corrected chi connectivity index (χ0v) is 12.9. The number of hydrogen-bond acceptors (Lipinski definition) is 6. The average molecular weight is 304 g/mol. The van der Waals surface area contributed by atoms with E-state index in [1.54, 1.807) is 6.21 Å². The van der Waals surface area contributed by atoms with Gasteiger partial charge in [0.1, 0.15) is 5.71 Å². The summed E-state index contributed by atoms with van der Waals surface area (Å²) in [4.78, 5) is 4.34. The van der Waals surface area contributed by atoms with Crippen LogP contribution < -0.4 is 11.6 Å². The third-order valence-electron chi connectivity index (χ3n) is 3.50. The molecule has 0 saturated carbocycles. The molecule has 0 aliphatic carbocycles. The summed E-state index contributed by atoms with van der Waals surface area (Å²) in [6, 6.07) is 7.76. The predicted molar refractivity (Wildman–Crippen MR) is 88.4 cm³/mol. The molecule has 1 aromatic rings. The van der Waals surface area contributed by atoms with Crippen molar-refractivity contribution in [2.45, 2.75) is 38.5 Å². The highest BCUT2D eigenvalue weighted by Gasteiger charge is 2.14. The summed E-state index contributed by atoms with van der Waals surface area (Å²) >= 11 is 0. The van der Waals surface area contributed by atoms with Crippen molar-refractivity contribution >= 4 is 17.6 Å². The normalized spacial score (nSPS) is 21.2. The first-order chi connectivity index (χ1) is 10.7. The van der Waals surface area contributed by atoms with Crippen LogP contribution in [0.4, 0.5) is 5.69 Å². The molecule has 2 atom stereocenters. The summed E-state index contributed by atoms with van der Waals surface area (Å²) in [5, 5.41) is 3.70. The summed E-state index contributed by atoms with van der Waals surface area (Å²) in [7, 11) is 0. The maximum Gasteiger partial charge on any atom is 0.158 e. The van der Waals surface area contributed by atoms with Crippen LogP contribution in [0.1, 0.15) is 37.8 Å². The second-order valence-electron chi connectivity index (χ2n) is 5.37. The maximum absolute atomic E-state index is 5.82. The highest BCUT2D eigenvalue weighted by atomic mass is 16.7. The van der Waals surface area contributed by atoms with Crippen LogP contribution in [0.2, 0.25) is 0 Å². The minimum absolute atomic E-state index is 0.0167. The van der Waals surface area contributed by atoms with E-state index in [-0.39, 0.29) is 12.3 Å². The van der Waals surface area contributed by atoms with E-state index in [2.05, 4.69) is 10.1 Å². The molecular formula is C16H24N4O2. The lowest BCUT2D eigenvalue weighted by atomic mass is 10.1. The molecule has 0 radical (unpaired) electrons. The first-order valence-electron chi connectivity index (χ1n) is 7.58. The SMILES string of the molecule is CC(N)c1ccc(N=C/C(COC2CCCCO2)=N\N)cc1. The van der Waals surface area contributed by atoms with Crippen molar-refractivity contribution in [2.24, 2.45) is 21.7 Å². The van der Waals surface area contributed by atoms with Crippen molar-refractivity contribution in [1.82, 2.24) is 0 Å². The molecule has 120 valence electrons. The molecule has 6 heteroatoms. The lowest BCUT2D eigenvalue weighted by Gasteiger charge is -2.22. The molecule has 2 rings (SSSR count). The molecule has 1 aliphatic heterocycles. The molecule has 1 fully saturated rings. The molecule has 22 heavy (non-hydrogen) atoms. The second-order valence-corrected chi connectivity index (χ2v) is 5.37. The number of nitrogens with zero attached hydrogens (tertiary/aromatic N) is 2.